The highest BCUT2D eigenvalue weighted by Crippen LogP contribution is 2.31. The standard InChI is InChI=1S/C15H14F3N5O3/c1-8(21-14(24)26-19)12-13(23-11(25-2)7-20-12)22-10-5-3-9(4-6-10)15(16,17)18/h3-7H,1,19H2,2H3,(H,21,24)(H,22,23). The predicted octanol–water partition coefficient (Wildman–Crippen LogP) is 2.82. The summed E-state index contributed by atoms with van der Waals surface area (Å²) in [6, 6.07) is 4.26. The lowest BCUT2D eigenvalue weighted by Gasteiger charge is -2.14. The number of carbonyl (C=O) groups excluding carboxylic acids is 1. The molecular weight excluding hydrogens is 355 g/mol. The molecule has 8 nitrogen and oxygen atoms in total. The van der Waals surface area contributed by atoms with E-state index >= 15 is 0 Å². The van der Waals surface area contributed by atoms with Crippen LogP contribution in [0.4, 0.5) is 29.5 Å². The van der Waals surface area contributed by atoms with Crippen molar-refractivity contribution in [3.05, 3.63) is 48.3 Å². The molecule has 1 aromatic carbocycles. The SMILES string of the molecule is C=C(NC(=O)ON)c1ncc(OC)nc1Nc1ccc(C(F)(F)F)cc1. The van der Waals surface area contributed by atoms with Gasteiger partial charge in [0.25, 0.3) is 0 Å². The molecule has 1 aromatic heterocycles. The number of amides is 1. The Kier molecular flexibility index (Phi) is 5.62. The van der Waals surface area contributed by atoms with Crippen LogP contribution >= 0.6 is 0 Å². The van der Waals surface area contributed by atoms with Gasteiger partial charge in [0.05, 0.1) is 24.6 Å². The third-order valence-corrected chi connectivity index (χ3v) is 3.08. The quantitative estimate of drug-likeness (QED) is 0.695. The van der Waals surface area contributed by atoms with Gasteiger partial charge in [0.15, 0.2) is 5.82 Å². The highest BCUT2D eigenvalue weighted by molar-refractivity contribution is 5.83. The largest absolute Gasteiger partial charge is 0.480 e. The zero-order chi connectivity index (χ0) is 19.3. The van der Waals surface area contributed by atoms with Gasteiger partial charge in [-0.15, -0.1) is 0 Å². The van der Waals surface area contributed by atoms with Crippen LogP contribution in [0.1, 0.15) is 11.3 Å². The number of ether oxygens (including phenoxy) is 1. The van der Waals surface area contributed by atoms with Crippen LogP contribution in [0.5, 0.6) is 5.88 Å². The molecule has 0 radical (unpaired) electrons. The molecule has 0 spiro atoms. The molecule has 4 N–H and O–H groups in total. The summed E-state index contributed by atoms with van der Waals surface area (Å²) < 4.78 is 42.9. The van der Waals surface area contributed by atoms with E-state index in [0.29, 0.717) is 5.69 Å². The van der Waals surface area contributed by atoms with Gasteiger partial charge in [-0.05, 0) is 24.3 Å². The Bertz CT molecular complexity index is 809. The van der Waals surface area contributed by atoms with Gasteiger partial charge in [-0.25, -0.2) is 9.78 Å². The van der Waals surface area contributed by atoms with E-state index in [-0.39, 0.29) is 23.1 Å². The van der Waals surface area contributed by atoms with Crippen molar-refractivity contribution in [1.29, 1.82) is 0 Å². The molecule has 2 rings (SSSR count). The Morgan fingerprint density at radius 2 is 1.92 bits per heavy atom. The Hall–Kier alpha value is -3.34. The number of alkyl halides is 3. The van der Waals surface area contributed by atoms with Gasteiger partial charge >= 0.3 is 12.3 Å². The maximum atomic E-state index is 12.6. The molecule has 0 aliphatic carbocycles. The van der Waals surface area contributed by atoms with E-state index in [1.54, 1.807) is 0 Å². The molecule has 0 fully saturated rings. The average molecular weight is 369 g/mol. The number of carbonyl (C=O) groups is 1. The molecule has 0 atom stereocenters. The van der Waals surface area contributed by atoms with E-state index in [0.717, 1.165) is 12.1 Å². The molecule has 1 heterocycles. The van der Waals surface area contributed by atoms with E-state index < -0.39 is 17.8 Å². The lowest BCUT2D eigenvalue weighted by molar-refractivity contribution is -0.137. The molecule has 0 saturated heterocycles. The molecule has 1 amide bonds. The predicted molar refractivity (Wildman–Crippen MR) is 86.1 cm³/mol. The number of halogens is 3. The second kappa shape index (κ2) is 7.70. The Morgan fingerprint density at radius 3 is 2.46 bits per heavy atom. The summed E-state index contributed by atoms with van der Waals surface area (Å²) in [5.74, 6) is 4.96. The Labute approximate surface area is 145 Å². The number of nitrogens with zero attached hydrogens (tertiary/aromatic N) is 2. The summed E-state index contributed by atoms with van der Waals surface area (Å²) in [5, 5.41) is 5.02. The van der Waals surface area contributed by atoms with Gasteiger partial charge in [-0.2, -0.15) is 24.1 Å². The Balaban J connectivity index is 2.31. The minimum Gasteiger partial charge on any atom is -0.480 e. The number of methoxy groups -OCH3 is 1. The van der Waals surface area contributed by atoms with Crippen LogP contribution in [-0.2, 0) is 11.0 Å². The van der Waals surface area contributed by atoms with Crippen molar-refractivity contribution in [3.63, 3.8) is 0 Å². The zero-order valence-corrected chi connectivity index (χ0v) is 13.4. The number of hydrogen-bond donors (Lipinski definition) is 3. The first kappa shape index (κ1) is 19.0. The van der Waals surface area contributed by atoms with Gasteiger partial charge in [-0.1, -0.05) is 6.58 Å². The molecule has 11 heteroatoms. The molecule has 0 unspecified atom stereocenters. The fraction of sp³-hybridized carbons (Fsp3) is 0.133. The van der Waals surface area contributed by atoms with Crippen molar-refractivity contribution >= 4 is 23.3 Å². The normalized spacial score (nSPS) is 10.8. The summed E-state index contributed by atoms with van der Waals surface area (Å²) in [6.07, 6.45) is -4.15. The third-order valence-electron chi connectivity index (χ3n) is 3.08. The van der Waals surface area contributed by atoms with Gasteiger partial charge in [0.1, 0.15) is 5.69 Å². The molecule has 0 aliphatic rings. The fourth-order valence-electron chi connectivity index (χ4n) is 1.87. The molecule has 0 aliphatic heterocycles. The first-order chi connectivity index (χ1) is 12.2. The van der Waals surface area contributed by atoms with Crippen LogP contribution < -0.4 is 21.3 Å². The maximum absolute atomic E-state index is 12.6. The topological polar surface area (TPSA) is 111 Å². The zero-order valence-electron chi connectivity index (χ0n) is 13.4. The monoisotopic (exact) mass is 369 g/mol. The second-order valence-corrected chi connectivity index (χ2v) is 4.82. The molecule has 0 bridgehead atoms. The second-order valence-electron chi connectivity index (χ2n) is 4.82. The summed E-state index contributed by atoms with van der Waals surface area (Å²) in [6.45, 7) is 3.62. The van der Waals surface area contributed by atoms with Crippen molar-refractivity contribution in [2.75, 3.05) is 12.4 Å². The number of anilines is 2. The lowest BCUT2D eigenvalue weighted by atomic mass is 10.2. The minimum absolute atomic E-state index is 0.00464. The number of rotatable bonds is 5. The van der Waals surface area contributed by atoms with Crippen LogP contribution in [0.25, 0.3) is 5.70 Å². The summed E-state index contributed by atoms with van der Waals surface area (Å²) in [5.41, 5.74) is -0.381. The molecule has 0 saturated carbocycles. The van der Waals surface area contributed by atoms with Crippen LogP contribution in [0, 0.1) is 0 Å². The van der Waals surface area contributed by atoms with Gasteiger partial charge in [0.2, 0.25) is 5.88 Å². The minimum atomic E-state index is -4.44. The van der Waals surface area contributed by atoms with Gasteiger partial charge in [-0.3, -0.25) is 5.32 Å². The van der Waals surface area contributed by atoms with E-state index in [1.165, 1.54) is 25.4 Å². The number of nitrogens with two attached hydrogens (primary N) is 1. The maximum Gasteiger partial charge on any atom is 0.430 e. The van der Waals surface area contributed by atoms with Crippen LogP contribution in [0.3, 0.4) is 0 Å². The highest BCUT2D eigenvalue weighted by Gasteiger charge is 2.30. The van der Waals surface area contributed by atoms with Gasteiger partial charge < -0.3 is 14.9 Å². The van der Waals surface area contributed by atoms with Crippen molar-refractivity contribution in [3.8, 4) is 5.88 Å². The van der Waals surface area contributed by atoms with Crippen LogP contribution in [0.15, 0.2) is 37.0 Å². The third kappa shape index (κ3) is 4.60. The number of benzene rings is 1. The van der Waals surface area contributed by atoms with Crippen LogP contribution in [-0.4, -0.2) is 23.2 Å². The van der Waals surface area contributed by atoms with Crippen molar-refractivity contribution < 1.29 is 27.5 Å². The molecule has 2 aromatic rings. The van der Waals surface area contributed by atoms with Crippen molar-refractivity contribution in [2.24, 2.45) is 5.90 Å². The average Bonchev–Trinajstić information content (AvgIpc) is 2.61. The first-order valence-electron chi connectivity index (χ1n) is 6.97. The van der Waals surface area contributed by atoms with E-state index in [2.05, 4.69) is 32.0 Å². The molecule has 26 heavy (non-hydrogen) atoms. The molecular formula is C15H14F3N5O3. The number of aromatic nitrogens is 2. The first-order valence-corrected chi connectivity index (χ1v) is 6.97. The summed E-state index contributed by atoms with van der Waals surface area (Å²) in [7, 11) is 1.37. The van der Waals surface area contributed by atoms with E-state index in [9.17, 15) is 18.0 Å². The van der Waals surface area contributed by atoms with E-state index in [4.69, 9.17) is 10.6 Å². The Morgan fingerprint density at radius 1 is 1.27 bits per heavy atom. The summed E-state index contributed by atoms with van der Waals surface area (Å²) in [4.78, 5) is 23.3. The molecule has 138 valence electrons. The van der Waals surface area contributed by atoms with Gasteiger partial charge in [0, 0.05) is 5.69 Å². The lowest BCUT2D eigenvalue weighted by Crippen LogP contribution is -2.25. The van der Waals surface area contributed by atoms with Crippen molar-refractivity contribution in [1.82, 2.24) is 15.3 Å². The smallest absolute Gasteiger partial charge is 0.430 e. The summed E-state index contributed by atoms with van der Waals surface area (Å²) >= 11 is 0. The highest BCUT2D eigenvalue weighted by atomic mass is 19.4. The van der Waals surface area contributed by atoms with E-state index in [1.807, 2.05) is 0 Å². The number of nitrogens with one attached hydrogen (secondary N) is 2. The van der Waals surface area contributed by atoms with Crippen molar-refractivity contribution in [2.45, 2.75) is 6.18 Å². The van der Waals surface area contributed by atoms with Crippen LogP contribution in [0.2, 0.25) is 0 Å². The fourth-order valence-corrected chi connectivity index (χ4v) is 1.87. The number of hydrogen-bond acceptors (Lipinski definition) is 7.